The van der Waals surface area contributed by atoms with E-state index in [9.17, 15) is 4.79 Å². The number of carbonyl (C=O) groups excluding carboxylic acids is 1. The molecule has 3 heterocycles. The number of hydrogen-bond donors (Lipinski definition) is 1. The molecule has 0 unspecified atom stereocenters. The molecule has 0 bridgehead atoms. The van der Waals surface area contributed by atoms with Gasteiger partial charge in [-0.2, -0.15) is 0 Å². The Hall–Kier alpha value is -1.73. The number of nitrogens with zero attached hydrogens (tertiary/aromatic N) is 3. The molecule has 7 heteroatoms. The number of aryl methyl sites for hydroxylation is 2. The van der Waals surface area contributed by atoms with E-state index in [4.69, 9.17) is 4.74 Å². The van der Waals surface area contributed by atoms with Crippen molar-refractivity contribution in [1.82, 2.24) is 15.3 Å². The molecular weight excluding hydrogens is 396 g/mol. The maximum absolute atomic E-state index is 12.6. The van der Waals surface area contributed by atoms with Crippen LogP contribution in [0.25, 0.3) is 10.2 Å². The number of ether oxygens (including phenoxy) is 1. The molecule has 30 heavy (non-hydrogen) atoms. The van der Waals surface area contributed by atoms with Crippen molar-refractivity contribution in [3.8, 4) is 0 Å². The van der Waals surface area contributed by atoms with Crippen molar-refractivity contribution in [1.29, 1.82) is 0 Å². The van der Waals surface area contributed by atoms with E-state index in [1.807, 2.05) is 0 Å². The Labute approximate surface area is 183 Å². The van der Waals surface area contributed by atoms with Crippen LogP contribution in [0.4, 0.5) is 5.82 Å². The molecule has 2 fully saturated rings. The second-order valence-corrected chi connectivity index (χ2v) is 9.90. The molecule has 1 saturated heterocycles. The quantitative estimate of drug-likeness (QED) is 0.660. The molecule has 2 aromatic rings. The van der Waals surface area contributed by atoms with Gasteiger partial charge in [0.15, 0.2) is 0 Å². The first-order valence-electron chi connectivity index (χ1n) is 11.5. The van der Waals surface area contributed by atoms with Crippen LogP contribution in [0.3, 0.4) is 0 Å². The number of amides is 1. The zero-order chi connectivity index (χ0) is 20.9. The number of rotatable bonds is 7. The van der Waals surface area contributed by atoms with E-state index in [1.54, 1.807) is 17.7 Å². The van der Waals surface area contributed by atoms with Crippen molar-refractivity contribution >= 4 is 33.3 Å². The number of piperidine rings is 1. The Morgan fingerprint density at radius 1 is 1.17 bits per heavy atom. The predicted molar refractivity (Wildman–Crippen MR) is 122 cm³/mol. The summed E-state index contributed by atoms with van der Waals surface area (Å²) in [5, 5.41) is 4.31. The van der Waals surface area contributed by atoms with Crippen LogP contribution in [0.15, 0.2) is 6.33 Å². The second-order valence-electron chi connectivity index (χ2n) is 8.70. The lowest BCUT2D eigenvalue weighted by molar-refractivity contribution is -0.125. The number of nitrogens with one attached hydrogen (secondary N) is 1. The van der Waals surface area contributed by atoms with Crippen LogP contribution in [0.1, 0.15) is 61.8 Å². The third kappa shape index (κ3) is 4.94. The Balaban J connectivity index is 1.21. The Bertz CT molecular complexity index is 854. The van der Waals surface area contributed by atoms with Gasteiger partial charge < -0.3 is 15.0 Å². The average molecular weight is 431 g/mol. The normalized spacial score (nSPS) is 18.8. The number of anilines is 1. The number of carbonyl (C=O) groups is 1. The molecule has 0 radical (unpaired) electrons. The third-order valence-electron chi connectivity index (χ3n) is 6.64. The second kappa shape index (κ2) is 10.1. The van der Waals surface area contributed by atoms with Crippen LogP contribution in [0.2, 0.25) is 0 Å². The number of aromatic nitrogens is 2. The molecule has 2 aliphatic rings. The van der Waals surface area contributed by atoms with Gasteiger partial charge >= 0.3 is 0 Å². The summed E-state index contributed by atoms with van der Waals surface area (Å²) in [6.07, 6.45) is 11.1. The van der Waals surface area contributed by atoms with Crippen molar-refractivity contribution in [3.63, 3.8) is 0 Å². The van der Waals surface area contributed by atoms with E-state index >= 15 is 0 Å². The zero-order valence-corrected chi connectivity index (χ0v) is 19.1. The molecule has 4 rings (SSSR count). The summed E-state index contributed by atoms with van der Waals surface area (Å²) in [6, 6.07) is 0. The SMILES string of the molecule is Cc1sc2ncnc(N3CCC(C(=O)NCCCOC4CCCCC4)CC3)c2c1C. The lowest BCUT2D eigenvalue weighted by atomic mass is 9.95. The van der Waals surface area contributed by atoms with E-state index in [0.717, 1.165) is 49.6 Å². The van der Waals surface area contributed by atoms with Gasteiger partial charge in [-0.1, -0.05) is 19.3 Å². The Kier molecular flexibility index (Phi) is 7.20. The van der Waals surface area contributed by atoms with Crippen molar-refractivity contribution in [2.24, 2.45) is 5.92 Å². The highest BCUT2D eigenvalue weighted by Gasteiger charge is 2.27. The van der Waals surface area contributed by atoms with Crippen LogP contribution in [0, 0.1) is 19.8 Å². The molecule has 2 aromatic heterocycles. The van der Waals surface area contributed by atoms with Crippen molar-refractivity contribution in [2.45, 2.75) is 71.3 Å². The predicted octanol–water partition coefficient (Wildman–Crippen LogP) is 4.38. The number of fused-ring (bicyclic) bond motifs is 1. The maximum atomic E-state index is 12.6. The van der Waals surface area contributed by atoms with E-state index < -0.39 is 0 Å². The Morgan fingerprint density at radius 3 is 2.70 bits per heavy atom. The number of thiophene rings is 1. The van der Waals surface area contributed by atoms with Gasteiger partial charge in [0, 0.05) is 37.0 Å². The minimum atomic E-state index is 0.100. The summed E-state index contributed by atoms with van der Waals surface area (Å²) in [7, 11) is 0. The van der Waals surface area contributed by atoms with Crippen LogP contribution in [-0.2, 0) is 9.53 Å². The lowest BCUT2D eigenvalue weighted by Crippen LogP contribution is -2.41. The van der Waals surface area contributed by atoms with E-state index in [0.29, 0.717) is 12.6 Å². The maximum Gasteiger partial charge on any atom is 0.223 e. The van der Waals surface area contributed by atoms with E-state index in [-0.39, 0.29) is 11.8 Å². The largest absolute Gasteiger partial charge is 0.378 e. The van der Waals surface area contributed by atoms with Gasteiger partial charge in [-0.05, 0) is 51.5 Å². The topological polar surface area (TPSA) is 67.4 Å². The van der Waals surface area contributed by atoms with Crippen LogP contribution < -0.4 is 10.2 Å². The summed E-state index contributed by atoms with van der Waals surface area (Å²) in [5.41, 5.74) is 1.28. The molecule has 1 saturated carbocycles. The molecule has 1 aliphatic heterocycles. The highest BCUT2D eigenvalue weighted by molar-refractivity contribution is 7.18. The first kappa shape index (κ1) is 21.5. The van der Waals surface area contributed by atoms with Crippen molar-refractivity contribution in [2.75, 3.05) is 31.1 Å². The smallest absolute Gasteiger partial charge is 0.223 e. The average Bonchev–Trinajstić information content (AvgIpc) is 3.08. The fraction of sp³-hybridized carbons (Fsp3) is 0.696. The molecular formula is C23H34N4O2S. The minimum Gasteiger partial charge on any atom is -0.378 e. The minimum absolute atomic E-state index is 0.100. The van der Waals surface area contributed by atoms with Gasteiger partial charge in [-0.15, -0.1) is 11.3 Å². The van der Waals surface area contributed by atoms with E-state index in [1.165, 1.54) is 47.9 Å². The zero-order valence-electron chi connectivity index (χ0n) is 18.3. The van der Waals surface area contributed by atoms with Crippen LogP contribution >= 0.6 is 11.3 Å². The first-order valence-corrected chi connectivity index (χ1v) is 12.3. The van der Waals surface area contributed by atoms with E-state index in [2.05, 4.69) is 34.0 Å². The summed E-state index contributed by atoms with van der Waals surface area (Å²) >= 11 is 1.73. The molecule has 0 spiro atoms. The molecule has 1 N–H and O–H groups in total. The summed E-state index contributed by atoms with van der Waals surface area (Å²) in [6.45, 7) is 7.49. The van der Waals surface area contributed by atoms with Gasteiger partial charge in [0.25, 0.3) is 0 Å². The fourth-order valence-corrected chi connectivity index (χ4v) is 5.66. The van der Waals surface area contributed by atoms with Gasteiger partial charge in [-0.25, -0.2) is 9.97 Å². The van der Waals surface area contributed by atoms with Gasteiger partial charge in [0.1, 0.15) is 17.0 Å². The molecule has 1 amide bonds. The monoisotopic (exact) mass is 430 g/mol. The first-order chi connectivity index (χ1) is 14.6. The lowest BCUT2D eigenvalue weighted by Gasteiger charge is -2.32. The van der Waals surface area contributed by atoms with Crippen LogP contribution in [-0.4, -0.2) is 48.2 Å². The standard InChI is InChI=1S/C23H34N4O2S/c1-16-17(2)30-23-20(16)21(25-15-26-23)27-12-9-18(10-13-27)22(28)24-11-6-14-29-19-7-4-3-5-8-19/h15,18-19H,3-14H2,1-2H3,(H,24,28). The van der Waals surface area contributed by atoms with Gasteiger partial charge in [0.05, 0.1) is 11.5 Å². The Morgan fingerprint density at radius 2 is 1.93 bits per heavy atom. The molecule has 6 nitrogen and oxygen atoms in total. The summed E-state index contributed by atoms with van der Waals surface area (Å²) in [4.78, 5) is 26.3. The molecule has 0 aromatic carbocycles. The van der Waals surface area contributed by atoms with Crippen molar-refractivity contribution in [3.05, 3.63) is 16.8 Å². The van der Waals surface area contributed by atoms with Crippen LogP contribution in [0.5, 0.6) is 0 Å². The molecule has 1 aliphatic carbocycles. The molecule has 164 valence electrons. The third-order valence-corrected chi connectivity index (χ3v) is 7.75. The van der Waals surface area contributed by atoms with Gasteiger partial charge in [0.2, 0.25) is 5.91 Å². The summed E-state index contributed by atoms with van der Waals surface area (Å²) < 4.78 is 5.95. The highest BCUT2D eigenvalue weighted by atomic mass is 32.1. The highest BCUT2D eigenvalue weighted by Crippen LogP contribution is 2.35. The summed E-state index contributed by atoms with van der Waals surface area (Å²) in [5.74, 6) is 1.33. The van der Waals surface area contributed by atoms with Gasteiger partial charge in [-0.3, -0.25) is 4.79 Å². The fourth-order valence-electron chi connectivity index (χ4n) is 4.67. The van der Waals surface area contributed by atoms with Crippen molar-refractivity contribution < 1.29 is 9.53 Å². The molecule has 0 atom stereocenters. The number of hydrogen-bond acceptors (Lipinski definition) is 6.